The van der Waals surface area contributed by atoms with E-state index in [9.17, 15) is 14.3 Å². The van der Waals surface area contributed by atoms with E-state index in [1.54, 1.807) is 36.4 Å². The fourth-order valence-corrected chi connectivity index (χ4v) is 2.07. The van der Waals surface area contributed by atoms with Crippen LogP contribution in [0.25, 0.3) is 11.3 Å². The summed E-state index contributed by atoms with van der Waals surface area (Å²) in [7, 11) is 0. The maximum atomic E-state index is 12.9. The number of hydrogen-bond donors (Lipinski definition) is 2. The van der Waals surface area contributed by atoms with Gasteiger partial charge in [-0.2, -0.15) is 5.10 Å². The number of carbonyl (C=O) groups is 1. The summed E-state index contributed by atoms with van der Waals surface area (Å²) in [4.78, 5) is 11.9. The van der Waals surface area contributed by atoms with E-state index in [2.05, 4.69) is 10.5 Å². The Bertz CT molecular complexity index is 885. The Kier molecular flexibility index (Phi) is 4.38. The summed E-state index contributed by atoms with van der Waals surface area (Å²) in [6.45, 7) is 0. The van der Waals surface area contributed by atoms with E-state index in [0.29, 0.717) is 11.5 Å². The molecule has 0 radical (unpaired) electrons. The SMILES string of the molecule is O=C(N/N=C/c1ccc(-c2ccc(F)cc2)o1)c1ccccc1O. The molecule has 0 aliphatic carbocycles. The van der Waals surface area contributed by atoms with E-state index in [-0.39, 0.29) is 17.1 Å². The van der Waals surface area contributed by atoms with E-state index in [0.717, 1.165) is 5.56 Å². The molecule has 0 saturated carbocycles. The van der Waals surface area contributed by atoms with Crippen LogP contribution in [-0.4, -0.2) is 17.2 Å². The second-order valence-electron chi connectivity index (χ2n) is 4.93. The van der Waals surface area contributed by atoms with Crippen LogP contribution in [0.15, 0.2) is 70.2 Å². The highest BCUT2D eigenvalue weighted by atomic mass is 19.1. The largest absolute Gasteiger partial charge is 0.507 e. The Morgan fingerprint density at radius 3 is 2.58 bits per heavy atom. The minimum atomic E-state index is -0.533. The van der Waals surface area contributed by atoms with Gasteiger partial charge in [-0.15, -0.1) is 0 Å². The first-order valence-corrected chi connectivity index (χ1v) is 7.10. The lowest BCUT2D eigenvalue weighted by Gasteiger charge is -2.01. The zero-order valence-electron chi connectivity index (χ0n) is 12.4. The molecule has 5 nitrogen and oxygen atoms in total. The van der Waals surface area contributed by atoms with Crippen LogP contribution in [-0.2, 0) is 0 Å². The number of hydrazone groups is 1. The molecular weight excluding hydrogens is 311 g/mol. The van der Waals surface area contributed by atoms with E-state index in [1.165, 1.54) is 30.5 Å². The van der Waals surface area contributed by atoms with E-state index in [4.69, 9.17) is 4.42 Å². The van der Waals surface area contributed by atoms with Gasteiger partial charge in [-0.3, -0.25) is 4.79 Å². The summed E-state index contributed by atoms with van der Waals surface area (Å²) in [6, 6.07) is 15.5. The maximum Gasteiger partial charge on any atom is 0.275 e. The molecule has 0 aliphatic heterocycles. The van der Waals surface area contributed by atoms with Crippen LogP contribution in [0.1, 0.15) is 16.1 Å². The quantitative estimate of drug-likeness (QED) is 0.569. The van der Waals surface area contributed by atoms with E-state index >= 15 is 0 Å². The standard InChI is InChI=1S/C18H13FN2O3/c19-13-7-5-12(6-8-13)17-10-9-14(24-17)11-20-21-18(23)15-3-1-2-4-16(15)22/h1-11,22H,(H,21,23)/b20-11+. The fraction of sp³-hybridized carbons (Fsp3) is 0. The number of amides is 1. The van der Waals surface area contributed by atoms with Gasteiger partial charge >= 0.3 is 0 Å². The zero-order valence-corrected chi connectivity index (χ0v) is 12.4. The van der Waals surface area contributed by atoms with Gasteiger partial charge in [0.25, 0.3) is 5.91 Å². The number of furan rings is 1. The van der Waals surface area contributed by atoms with Gasteiger partial charge in [-0.05, 0) is 48.5 Å². The number of rotatable bonds is 4. The van der Waals surface area contributed by atoms with Crippen LogP contribution in [0.2, 0.25) is 0 Å². The molecule has 2 N–H and O–H groups in total. The predicted molar refractivity (Wildman–Crippen MR) is 87.3 cm³/mol. The maximum absolute atomic E-state index is 12.9. The Hall–Kier alpha value is -3.41. The van der Waals surface area contributed by atoms with Crippen LogP contribution in [0.5, 0.6) is 5.75 Å². The molecule has 6 heteroatoms. The van der Waals surface area contributed by atoms with Crippen LogP contribution in [0, 0.1) is 5.82 Å². The van der Waals surface area contributed by atoms with Crippen molar-refractivity contribution < 1.29 is 18.7 Å². The number of para-hydroxylation sites is 1. The summed E-state index contributed by atoms with van der Waals surface area (Å²) < 4.78 is 18.5. The smallest absolute Gasteiger partial charge is 0.275 e. The first-order chi connectivity index (χ1) is 11.6. The average molecular weight is 324 g/mol. The highest BCUT2D eigenvalue weighted by Gasteiger charge is 2.09. The summed E-state index contributed by atoms with van der Waals surface area (Å²) in [5.41, 5.74) is 3.16. The van der Waals surface area contributed by atoms with Crippen LogP contribution in [0.3, 0.4) is 0 Å². The molecular formula is C18H13FN2O3. The Labute approximate surface area is 137 Å². The van der Waals surface area contributed by atoms with Gasteiger partial charge in [0.05, 0.1) is 11.8 Å². The highest BCUT2D eigenvalue weighted by molar-refractivity contribution is 5.97. The van der Waals surface area contributed by atoms with E-state index < -0.39 is 5.91 Å². The molecule has 24 heavy (non-hydrogen) atoms. The monoisotopic (exact) mass is 324 g/mol. The minimum Gasteiger partial charge on any atom is -0.507 e. The molecule has 0 saturated heterocycles. The van der Waals surface area contributed by atoms with E-state index in [1.807, 2.05) is 0 Å². The van der Waals surface area contributed by atoms with Gasteiger partial charge in [0.2, 0.25) is 0 Å². The van der Waals surface area contributed by atoms with Gasteiger partial charge in [0, 0.05) is 5.56 Å². The number of halogens is 1. The number of carbonyl (C=O) groups excluding carboxylic acids is 1. The summed E-state index contributed by atoms with van der Waals surface area (Å²) >= 11 is 0. The number of aromatic hydroxyl groups is 1. The van der Waals surface area contributed by atoms with Crippen LogP contribution >= 0.6 is 0 Å². The molecule has 2 aromatic carbocycles. The van der Waals surface area contributed by atoms with Crippen molar-refractivity contribution in [3.05, 3.63) is 77.8 Å². The van der Waals surface area contributed by atoms with Crippen molar-refractivity contribution in [2.45, 2.75) is 0 Å². The third-order valence-corrected chi connectivity index (χ3v) is 3.26. The Morgan fingerprint density at radius 1 is 1.08 bits per heavy atom. The van der Waals surface area contributed by atoms with Crippen LogP contribution in [0.4, 0.5) is 4.39 Å². The van der Waals surface area contributed by atoms with Crippen molar-refractivity contribution in [1.82, 2.24) is 5.43 Å². The number of hydrogen-bond acceptors (Lipinski definition) is 4. The van der Waals surface area contributed by atoms with Crippen molar-refractivity contribution in [1.29, 1.82) is 0 Å². The third-order valence-electron chi connectivity index (χ3n) is 3.26. The number of benzene rings is 2. The second kappa shape index (κ2) is 6.78. The lowest BCUT2D eigenvalue weighted by atomic mass is 10.2. The van der Waals surface area contributed by atoms with Gasteiger partial charge in [0.15, 0.2) is 0 Å². The molecule has 0 unspecified atom stereocenters. The molecule has 0 atom stereocenters. The molecule has 3 aromatic rings. The molecule has 0 fully saturated rings. The number of phenols is 1. The summed E-state index contributed by atoms with van der Waals surface area (Å²) in [5.74, 6) is 0.00539. The molecule has 1 heterocycles. The molecule has 3 rings (SSSR count). The zero-order chi connectivity index (χ0) is 16.9. The van der Waals surface area contributed by atoms with Crippen molar-refractivity contribution >= 4 is 12.1 Å². The summed E-state index contributed by atoms with van der Waals surface area (Å²) in [5, 5.41) is 13.4. The first kappa shape index (κ1) is 15.5. The topological polar surface area (TPSA) is 74.8 Å². The predicted octanol–water partition coefficient (Wildman–Crippen LogP) is 3.56. The van der Waals surface area contributed by atoms with Crippen LogP contribution < -0.4 is 5.43 Å². The van der Waals surface area contributed by atoms with Crippen molar-refractivity contribution in [2.75, 3.05) is 0 Å². The molecule has 0 aliphatic rings. The summed E-state index contributed by atoms with van der Waals surface area (Å²) in [6.07, 6.45) is 1.34. The third kappa shape index (κ3) is 3.49. The average Bonchev–Trinajstić information content (AvgIpc) is 3.04. The lowest BCUT2D eigenvalue weighted by Crippen LogP contribution is -2.17. The van der Waals surface area contributed by atoms with Crippen molar-refractivity contribution in [3.63, 3.8) is 0 Å². The Balaban J connectivity index is 1.66. The first-order valence-electron chi connectivity index (χ1n) is 7.10. The molecule has 0 bridgehead atoms. The fourth-order valence-electron chi connectivity index (χ4n) is 2.07. The van der Waals surface area contributed by atoms with Gasteiger partial charge in [-0.25, -0.2) is 9.82 Å². The lowest BCUT2D eigenvalue weighted by molar-refractivity contribution is 0.0952. The normalized spacial score (nSPS) is 10.9. The highest BCUT2D eigenvalue weighted by Crippen LogP contribution is 2.21. The van der Waals surface area contributed by atoms with Gasteiger partial charge in [-0.1, -0.05) is 12.1 Å². The molecule has 120 valence electrons. The number of nitrogens with zero attached hydrogens (tertiary/aromatic N) is 1. The second-order valence-corrected chi connectivity index (χ2v) is 4.93. The number of nitrogens with one attached hydrogen (secondary N) is 1. The molecule has 1 aromatic heterocycles. The minimum absolute atomic E-state index is 0.123. The molecule has 0 spiro atoms. The number of phenolic OH excluding ortho intramolecular Hbond substituents is 1. The van der Waals surface area contributed by atoms with Crippen molar-refractivity contribution in [3.8, 4) is 17.1 Å². The van der Waals surface area contributed by atoms with Gasteiger partial charge in [0.1, 0.15) is 23.1 Å². The van der Waals surface area contributed by atoms with Gasteiger partial charge < -0.3 is 9.52 Å². The Morgan fingerprint density at radius 2 is 1.83 bits per heavy atom. The van der Waals surface area contributed by atoms with Crippen molar-refractivity contribution in [2.24, 2.45) is 5.10 Å². The molecule has 1 amide bonds.